The molecule has 2 N–H and O–H groups in total. The average Bonchev–Trinajstić information content (AvgIpc) is 2.54. The van der Waals surface area contributed by atoms with Crippen LogP contribution < -0.4 is 15.1 Å². The standard InChI is InChI=1S/C16H12ClNO6S/c1-23-14-5-3-11(8-12(14)19)18-25(21,22)15-7-9-6-10(17)2-4-13(9)24-16(15)20/h2-8,18-19H,1H3. The van der Waals surface area contributed by atoms with Crippen molar-refractivity contribution in [2.24, 2.45) is 0 Å². The molecule has 0 unspecified atom stereocenters. The number of phenolic OH excluding ortho intramolecular Hbond substituents is 1. The monoisotopic (exact) mass is 381 g/mol. The summed E-state index contributed by atoms with van der Waals surface area (Å²) in [7, 11) is -2.87. The van der Waals surface area contributed by atoms with Gasteiger partial charge in [-0.3, -0.25) is 4.72 Å². The summed E-state index contributed by atoms with van der Waals surface area (Å²) in [4.78, 5) is 11.5. The van der Waals surface area contributed by atoms with Gasteiger partial charge in [0.1, 0.15) is 5.58 Å². The minimum absolute atomic E-state index is 0.0592. The number of sulfonamides is 1. The van der Waals surface area contributed by atoms with Crippen LogP contribution in [0.3, 0.4) is 0 Å². The molecule has 0 radical (unpaired) electrons. The lowest BCUT2D eigenvalue weighted by Gasteiger charge is -2.09. The van der Waals surface area contributed by atoms with Crippen molar-refractivity contribution >= 4 is 38.3 Å². The Morgan fingerprint density at radius 3 is 2.60 bits per heavy atom. The number of anilines is 1. The molecule has 2 aromatic carbocycles. The van der Waals surface area contributed by atoms with Gasteiger partial charge in [0.05, 0.1) is 12.8 Å². The lowest BCUT2D eigenvalue weighted by atomic mass is 10.2. The van der Waals surface area contributed by atoms with Crippen LogP contribution in [0.1, 0.15) is 0 Å². The first kappa shape index (κ1) is 17.1. The van der Waals surface area contributed by atoms with E-state index in [-0.39, 0.29) is 22.8 Å². The average molecular weight is 382 g/mol. The third-order valence-corrected chi connectivity index (χ3v) is 4.99. The first-order valence-corrected chi connectivity index (χ1v) is 8.79. The molecule has 0 spiro atoms. The van der Waals surface area contributed by atoms with Gasteiger partial charge in [0, 0.05) is 16.5 Å². The molecular formula is C16H12ClNO6S. The molecule has 1 heterocycles. The Labute approximate surface area is 147 Å². The number of ether oxygens (including phenoxy) is 1. The van der Waals surface area contributed by atoms with Gasteiger partial charge >= 0.3 is 5.63 Å². The number of halogens is 1. The van der Waals surface area contributed by atoms with Gasteiger partial charge in [-0.25, -0.2) is 13.2 Å². The van der Waals surface area contributed by atoms with Gasteiger partial charge in [0.2, 0.25) is 0 Å². The number of hydrogen-bond acceptors (Lipinski definition) is 6. The third-order valence-electron chi connectivity index (χ3n) is 3.38. The summed E-state index contributed by atoms with van der Waals surface area (Å²) in [6, 6.07) is 9.60. The van der Waals surface area contributed by atoms with E-state index in [9.17, 15) is 18.3 Å². The smallest absolute Gasteiger partial charge is 0.357 e. The van der Waals surface area contributed by atoms with Crippen molar-refractivity contribution in [3.63, 3.8) is 0 Å². The van der Waals surface area contributed by atoms with Gasteiger partial charge in [-0.1, -0.05) is 11.6 Å². The Morgan fingerprint density at radius 1 is 1.16 bits per heavy atom. The van der Waals surface area contributed by atoms with Crippen molar-refractivity contribution in [1.29, 1.82) is 0 Å². The van der Waals surface area contributed by atoms with E-state index in [0.29, 0.717) is 10.4 Å². The molecule has 9 heteroatoms. The first-order valence-electron chi connectivity index (χ1n) is 6.93. The third kappa shape index (κ3) is 3.40. The molecule has 0 saturated carbocycles. The molecule has 7 nitrogen and oxygen atoms in total. The van der Waals surface area contributed by atoms with E-state index >= 15 is 0 Å². The number of hydrogen-bond donors (Lipinski definition) is 2. The maximum Gasteiger partial charge on any atom is 0.357 e. The summed E-state index contributed by atoms with van der Waals surface area (Å²) >= 11 is 5.88. The van der Waals surface area contributed by atoms with Gasteiger partial charge in [-0.15, -0.1) is 0 Å². The molecule has 3 aromatic rings. The summed E-state index contributed by atoms with van der Waals surface area (Å²) in [5.74, 6) is -0.0668. The van der Waals surface area contributed by atoms with Crippen molar-refractivity contribution in [2.75, 3.05) is 11.8 Å². The molecule has 0 aliphatic carbocycles. The molecule has 25 heavy (non-hydrogen) atoms. The number of nitrogens with one attached hydrogen (secondary N) is 1. The van der Waals surface area contributed by atoms with Crippen LogP contribution >= 0.6 is 11.6 Å². The molecule has 130 valence electrons. The number of rotatable bonds is 4. The van der Waals surface area contributed by atoms with Crippen molar-refractivity contribution < 1.29 is 22.7 Å². The number of benzene rings is 2. The van der Waals surface area contributed by atoms with Crippen LogP contribution in [0.15, 0.2) is 56.6 Å². The summed E-state index contributed by atoms with van der Waals surface area (Å²) in [5.41, 5.74) is -0.737. The molecule has 0 aliphatic rings. The van der Waals surface area contributed by atoms with Crippen molar-refractivity contribution in [3.8, 4) is 11.5 Å². The molecule has 1 aromatic heterocycles. The minimum Gasteiger partial charge on any atom is -0.504 e. The SMILES string of the molecule is COc1ccc(NS(=O)(=O)c2cc3cc(Cl)ccc3oc2=O)cc1O. The van der Waals surface area contributed by atoms with Crippen molar-refractivity contribution in [2.45, 2.75) is 4.90 Å². The fourth-order valence-electron chi connectivity index (χ4n) is 2.23. The van der Waals surface area contributed by atoms with E-state index in [1.807, 2.05) is 0 Å². The highest BCUT2D eigenvalue weighted by Crippen LogP contribution is 2.29. The molecular weight excluding hydrogens is 370 g/mol. The quantitative estimate of drug-likeness (QED) is 0.673. The predicted octanol–water partition coefficient (Wildman–Crippen LogP) is 2.96. The predicted molar refractivity (Wildman–Crippen MR) is 93.0 cm³/mol. The number of aromatic hydroxyl groups is 1. The maximum absolute atomic E-state index is 12.5. The fraction of sp³-hybridized carbons (Fsp3) is 0.0625. The van der Waals surface area contributed by atoms with Gasteiger partial charge in [0.25, 0.3) is 10.0 Å². The molecule has 0 aliphatic heterocycles. The molecule has 0 atom stereocenters. The Balaban J connectivity index is 2.05. The van der Waals surface area contributed by atoms with Gasteiger partial charge < -0.3 is 14.3 Å². The van der Waals surface area contributed by atoms with Crippen LogP contribution in [0.5, 0.6) is 11.5 Å². The van der Waals surface area contributed by atoms with Gasteiger partial charge in [0.15, 0.2) is 16.4 Å². The van der Waals surface area contributed by atoms with E-state index in [4.69, 9.17) is 20.8 Å². The first-order chi connectivity index (χ1) is 11.8. The van der Waals surface area contributed by atoms with E-state index < -0.39 is 20.5 Å². The van der Waals surface area contributed by atoms with Crippen LogP contribution in [-0.2, 0) is 10.0 Å². The lowest BCUT2D eigenvalue weighted by Crippen LogP contribution is -2.20. The zero-order valence-electron chi connectivity index (χ0n) is 12.8. The minimum atomic E-state index is -4.24. The molecule has 0 bridgehead atoms. The second-order valence-corrected chi connectivity index (χ2v) is 7.16. The van der Waals surface area contributed by atoms with Crippen molar-refractivity contribution in [1.82, 2.24) is 0 Å². The zero-order valence-corrected chi connectivity index (χ0v) is 14.4. The van der Waals surface area contributed by atoms with Crippen LogP contribution in [0, 0.1) is 0 Å². The normalized spacial score (nSPS) is 11.4. The fourth-order valence-corrected chi connectivity index (χ4v) is 3.50. The Bertz CT molecular complexity index is 1120. The van der Waals surface area contributed by atoms with Gasteiger partial charge in [-0.05, 0) is 36.4 Å². The van der Waals surface area contributed by atoms with E-state index in [1.54, 1.807) is 0 Å². The van der Waals surface area contributed by atoms with Crippen molar-refractivity contribution in [3.05, 3.63) is 57.9 Å². The summed E-state index contributed by atoms with van der Waals surface area (Å²) in [6.45, 7) is 0. The summed E-state index contributed by atoms with van der Waals surface area (Å²) in [6.07, 6.45) is 0. The molecule has 0 amide bonds. The lowest BCUT2D eigenvalue weighted by molar-refractivity contribution is 0.373. The highest BCUT2D eigenvalue weighted by Gasteiger charge is 2.21. The molecule has 3 rings (SSSR count). The summed E-state index contributed by atoms with van der Waals surface area (Å²) in [5, 5.41) is 10.5. The molecule has 0 saturated heterocycles. The maximum atomic E-state index is 12.5. The number of fused-ring (bicyclic) bond motifs is 1. The number of phenols is 1. The van der Waals surface area contributed by atoms with E-state index in [2.05, 4.69) is 4.72 Å². The Kier molecular flexibility index (Phi) is 4.32. The van der Waals surface area contributed by atoms with Crippen LogP contribution in [0.25, 0.3) is 11.0 Å². The van der Waals surface area contributed by atoms with Crippen LogP contribution in [0.4, 0.5) is 5.69 Å². The summed E-state index contributed by atoms with van der Waals surface area (Å²) < 4.78 is 37.1. The highest BCUT2D eigenvalue weighted by molar-refractivity contribution is 7.92. The Hall–Kier alpha value is -2.71. The number of methoxy groups -OCH3 is 1. The zero-order chi connectivity index (χ0) is 18.2. The highest BCUT2D eigenvalue weighted by atomic mass is 35.5. The molecule has 0 fully saturated rings. The second kappa shape index (κ2) is 6.30. The van der Waals surface area contributed by atoms with E-state index in [0.717, 1.165) is 6.07 Å². The van der Waals surface area contributed by atoms with Gasteiger partial charge in [-0.2, -0.15) is 0 Å². The largest absolute Gasteiger partial charge is 0.504 e. The van der Waals surface area contributed by atoms with Crippen LogP contribution in [0.2, 0.25) is 5.02 Å². The van der Waals surface area contributed by atoms with E-state index in [1.165, 1.54) is 43.5 Å². The Morgan fingerprint density at radius 2 is 1.92 bits per heavy atom. The van der Waals surface area contributed by atoms with Crippen LogP contribution in [-0.4, -0.2) is 20.6 Å². The topological polar surface area (TPSA) is 106 Å². The second-order valence-electron chi connectivity index (χ2n) is 5.07.